The number of hydrazone groups is 1. The van der Waals surface area contributed by atoms with Crippen LogP contribution in [0.4, 0.5) is 5.82 Å². The Morgan fingerprint density at radius 2 is 2.12 bits per heavy atom. The van der Waals surface area contributed by atoms with Gasteiger partial charge in [0.15, 0.2) is 5.69 Å². The maximum absolute atomic E-state index is 12.8. The van der Waals surface area contributed by atoms with E-state index in [1.54, 1.807) is 48.8 Å². The first-order valence-corrected chi connectivity index (χ1v) is 9.68. The molecule has 3 aromatic heterocycles. The van der Waals surface area contributed by atoms with Crippen LogP contribution in [0.5, 0.6) is 5.75 Å². The Morgan fingerprint density at radius 3 is 2.81 bits per heavy atom. The molecule has 0 aliphatic heterocycles. The van der Waals surface area contributed by atoms with Crippen molar-refractivity contribution in [2.75, 3.05) is 12.3 Å². The molecule has 4 aromatic rings. The molecule has 1 amide bonds. The van der Waals surface area contributed by atoms with Gasteiger partial charge in [-0.15, -0.1) is 5.10 Å². The van der Waals surface area contributed by atoms with Gasteiger partial charge in [-0.3, -0.25) is 9.78 Å². The van der Waals surface area contributed by atoms with Crippen molar-refractivity contribution in [2.24, 2.45) is 5.10 Å². The lowest BCUT2D eigenvalue weighted by atomic mass is 10.1. The van der Waals surface area contributed by atoms with Crippen LogP contribution in [0.15, 0.2) is 58.5 Å². The minimum absolute atomic E-state index is 0.000561. The summed E-state index contributed by atoms with van der Waals surface area (Å²) in [5, 5.41) is 19.3. The lowest BCUT2D eigenvalue weighted by Gasteiger charge is -2.08. The lowest BCUT2D eigenvalue weighted by Crippen LogP contribution is -2.19. The van der Waals surface area contributed by atoms with Crippen LogP contribution >= 0.6 is 0 Å². The highest BCUT2D eigenvalue weighted by Gasteiger charge is 2.25. The second-order valence-corrected chi connectivity index (χ2v) is 6.53. The molecule has 4 rings (SSSR count). The molecule has 1 aromatic carbocycles. The van der Waals surface area contributed by atoms with Gasteiger partial charge in [-0.2, -0.15) is 9.78 Å². The van der Waals surface area contributed by atoms with E-state index in [-0.39, 0.29) is 17.3 Å². The van der Waals surface area contributed by atoms with Crippen molar-refractivity contribution in [3.8, 4) is 22.8 Å². The molecule has 12 heteroatoms. The van der Waals surface area contributed by atoms with Gasteiger partial charge in [0.25, 0.3) is 5.91 Å². The van der Waals surface area contributed by atoms with Crippen LogP contribution in [-0.4, -0.2) is 49.0 Å². The zero-order valence-corrected chi connectivity index (χ0v) is 17.0. The number of aromatic nitrogens is 6. The molecule has 0 atom stereocenters. The van der Waals surface area contributed by atoms with Crippen molar-refractivity contribution in [3.63, 3.8) is 0 Å². The second kappa shape index (κ2) is 9.47. The van der Waals surface area contributed by atoms with E-state index >= 15 is 0 Å². The molecule has 0 aliphatic carbocycles. The normalized spacial score (nSPS) is 11.0. The molecule has 0 spiro atoms. The average Bonchev–Trinajstić information content (AvgIpc) is 3.44. The maximum Gasteiger partial charge on any atom is 0.294 e. The summed E-state index contributed by atoms with van der Waals surface area (Å²) < 4.78 is 11.6. The van der Waals surface area contributed by atoms with E-state index in [0.717, 1.165) is 12.0 Å². The summed E-state index contributed by atoms with van der Waals surface area (Å²) in [6, 6.07) is 10.7. The second-order valence-electron chi connectivity index (χ2n) is 6.53. The topological polar surface area (TPSA) is 159 Å². The standard InChI is InChI=1S/C20H19N9O3/c1-2-10-31-15-7-5-14(6-8-15)17-16(24-28-29(17)19-18(21)26-32-27-19)20(30)25-23-12-13-4-3-9-22-11-13/h3-9,11-12H,2,10H2,1H3,(H2,21,26)(H,25,30)/b23-12-. The molecule has 0 aliphatic rings. The Hall–Kier alpha value is -4.61. The molecule has 0 saturated heterocycles. The number of hydrogen-bond acceptors (Lipinski definition) is 10. The van der Waals surface area contributed by atoms with Crippen molar-refractivity contribution in [1.82, 2.24) is 35.7 Å². The van der Waals surface area contributed by atoms with Gasteiger partial charge in [-0.1, -0.05) is 18.2 Å². The molecule has 162 valence electrons. The highest BCUT2D eigenvalue weighted by molar-refractivity contribution is 5.98. The molecular formula is C20H19N9O3. The number of pyridine rings is 1. The monoisotopic (exact) mass is 433 g/mol. The molecule has 0 radical (unpaired) electrons. The molecule has 3 N–H and O–H groups in total. The molecule has 3 heterocycles. The molecular weight excluding hydrogens is 414 g/mol. The fourth-order valence-corrected chi connectivity index (χ4v) is 2.78. The van der Waals surface area contributed by atoms with Crippen LogP contribution in [0.2, 0.25) is 0 Å². The van der Waals surface area contributed by atoms with Crippen molar-refractivity contribution in [3.05, 3.63) is 60.0 Å². The fourth-order valence-electron chi connectivity index (χ4n) is 2.78. The number of rotatable bonds is 8. The van der Waals surface area contributed by atoms with Crippen LogP contribution in [0.3, 0.4) is 0 Å². The Morgan fingerprint density at radius 1 is 1.28 bits per heavy atom. The molecule has 0 fully saturated rings. The van der Waals surface area contributed by atoms with E-state index < -0.39 is 5.91 Å². The number of benzene rings is 1. The van der Waals surface area contributed by atoms with Crippen LogP contribution in [0, 0.1) is 0 Å². The zero-order chi connectivity index (χ0) is 22.3. The summed E-state index contributed by atoms with van der Waals surface area (Å²) in [5.74, 6) is 0.231. The number of nitrogens with two attached hydrogens (primary N) is 1. The van der Waals surface area contributed by atoms with Gasteiger partial charge in [-0.25, -0.2) is 10.1 Å². The Bertz CT molecular complexity index is 1220. The minimum atomic E-state index is -0.576. The summed E-state index contributed by atoms with van der Waals surface area (Å²) in [7, 11) is 0. The van der Waals surface area contributed by atoms with Gasteiger partial charge < -0.3 is 10.5 Å². The Kier molecular flexibility index (Phi) is 6.11. The number of anilines is 1. The molecule has 12 nitrogen and oxygen atoms in total. The molecule has 32 heavy (non-hydrogen) atoms. The molecule has 0 saturated carbocycles. The van der Waals surface area contributed by atoms with Crippen LogP contribution in [-0.2, 0) is 0 Å². The number of nitrogens with one attached hydrogen (secondary N) is 1. The summed E-state index contributed by atoms with van der Waals surface area (Å²) in [5.41, 5.74) is 9.96. The number of carbonyl (C=O) groups is 1. The number of carbonyl (C=O) groups excluding carboxylic acids is 1. The van der Waals surface area contributed by atoms with E-state index in [0.29, 0.717) is 23.6 Å². The Balaban J connectivity index is 1.66. The highest BCUT2D eigenvalue weighted by atomic mass is 16.6. The third kappa shape index (κ3) is 4.43. The van der Waals surface area contributed by atoms with Crippen LogP contribution in [0.1, 0.15) is 29.4 Å². The molecule has 0 bridgehead atoms. The van der Waals surface area contributed by atoms with Crippen LogP contribution in [0.25, 0.3) is 17.1 Å². The minimum Gasteiger partial charge on any atom is -0.494 e. The summed E-state index contributed by atoms with van der Waals surface area (Å²) in [6.45, 7) is 2.62. The van der Waals surface area contributed by atoms with Crippen molar-refractivity contribution in [1.29, 1.82) is 0 Å². The summed E-state index contributed by atoms with van der Waals surface area (Å²) in [4.78, 5) is 16.8. The molecule has 0 unspecified atom stereocenters. The van der Waals surface area contributed by atoms with E-state index in [9.17, 15) is 4.79 Å². The van der Waals surface area contributed by atoms with Gasteiger partial charge in [-0.05, 0) is 47.1 Å². The van der Waals surface area contributed by atoms with Gasteiger partial charge in [0, 0.05) is 23.5 Å². The number of nitrogens with zero attached hydrogens (tertiary/aromatic N) is 7. The first-order chi connectivity index (χ1) is 15.7. The number of nitrogen functional groups attached to an aromatic ring is 1. The van der Waals surface area contributed by atoms with Gasteiger partial charge >= 0.3 is 0 Å². The third-order valence-corrected chi connectivity index (χ3v) is 4.25. The number of hydrogen-bond donors (Lipinski definition) is 2. The number of ether oxygens (including phenoxy) is 1. The van der Waals surface area contributed by atoms with E-state index in [1.165, 1.54) is 10.9 Å². The van der Waals surface area contributed by atoms with E-state index in [4.69, 9.17) is 10.5 Å². The average molecular weight is 433 g/mol. The van der Waals surface area contributed by atoms with Crippen LogP contribution < -0.4 is 15.9 Å². The van der Waals surface area contributed by atoms with E-state index in [2.05, 4.69) is 40.8 Å². The first-order valence-electron chi connectivity index (χ1n) is 9.68. The van der Waals surface area contributed by atoms with Crippen molar-refractivity contribution < 1.29 is 14.2 Å². The zero-order valence-electron chi connectivity index (χ0n) is 17.0. The highest BCUT2D eigenvalue weighted by Crippen LogP contribution is 2.28. The van der Waals surface area contributed by atoms with E-state index in [1.807, 2.05) is 6.92 Å². The summed E-state index contributed by atoms with van der Waals surface area (Å²) >= 11 is 0. The van der Waals surface area contributed by atoms with Gasteiger partial charge in [0.05, 0.1) is 12.8 Å². The number of amides is 1. The fraction of sp³-hybridized carbons (Fsp3) is 0.150. The van der Waals surface area contributed by atoms with Crippen molar-refractivity contribution in [2.45, 2.75) is 13.3 Å². The van der Waals surface area contributed by atoms with Crippen molar-refractivity contribution >= 4 is 17.9 Å². The predicted molar refractivity (Wildman–Crippen MR) is 114 cm³/mol. The SMILES string of the molecule is CCCOc1ccc(-c2c(C(=O)N/N=C\c3cccnc3)nnn2-c2nonc2N)cc1. The largest absolute Gasteiger partial charge is 0.494 e. The van der Waals surface area contributed by atoms with Gasteiger partial charge in [0.2, 0.25) is 11.6 Å². The Labute approximate surface area is 182 Å². The first kappa shape index (κ1) is 20.7. The quantitative estimate of drug-likeness (QED) is 0.312. The maximum atomic E-state index is 12.8. The summed E-state index contributed by atoms with van der Waals surface area (Å²) in [6.07, 6.45) is 5.61. The lowest BCUT2D eigenvalue weighted by molar-refractivity contribution is 0.0950. The third-order valence-electron chi connectivity index (χ3n) is 4.25. The smallest absolute Gasteiger partial charge is 0.294 e. The predicted octanol–water partition coefficient (Wildman–Crippen LogP) is 1.85. The van der Waals surface area contributed by atoms with Gasteiger partial charge in [0.1, 0.15) is 11.4 Å².